The molecule has 0 saturated carbocycles. The molecule has 0 bridgehead atoms. The molecule has 0 radical (unpaired) electrons. The number of benzene rings is 1. The number of hydrogen-bond acceptors (Lipinski definition) is 3. The number of rotatable bonds is 14. The van der Waals surface area contributed by atoms with Crippen LogP contribution in [0.1, 0.15) is 82.3 Å². The van der Waals surface area contributed by atoms with E-state index in [-0.39, 0.29) is 5.92 Å². The maximum Gasteiger partial charge on any atom is 0.289 e. The molecular weight excluding hydrogens is 312 g/mol. The van der Waals surface area contributed by atoms with Crippen molar-refractivity contribution in [3.05, 3.63) is 35.4 Å². The fourth-order valence-corrected chi connectivity index (χ4v) is 3.56. The largest absolute Gasteiger partial charge is 0.330 e. The summed E-state index contributed by atoms with van der Waals surface area (Å²) in [6.45, 7) is 4.46. The maximum atomic E-state index is 5.68. The van der Waals surface area contributed by atoms with Crippen molar-refractivity contribution in [2.75, 3.05) is 21.3 Å². The van der Waals surface area contributed by atoms with Crippen LogP contribution in [0.4, 0.5) is 0 Å². The average molecular weight is 351 g/mol. The minimum Gasteiger partial charge on any atom is -0.330 e. The highest BCUT2D eigenvalue weighted by molar-refractivity contribution is 5.26. The molecule has 1 aromatic carbocycles. The van der Waals surface area contributed by atoms with Crippen LogP contribution in [-0.2, 0) is 20.6 Å². The van der Waals surface area contributed by atoms with Crippen LogP contribution in [0.2, 0.25) is 0 Å². The molecule has 1 atom stereocenters. The van der Waals surface area contributed by atoms with Crippen molar-refractivity contribution in [3.8, 4) is 0 Å². The number of unbranched alkanes of at least 4 members (excludes halogenated alkanes) is 5. The summed E-state index contributed by atoms with van der Waals surface area (Å²) in [6.07, 6.45) is 10.9. The van der Waals surface area contributed by atoms with E-state index in [4.69, 9.17) is 14.2 Å². The molecule has 0 aromatic heterocycles. The highest BCUT2D eigenvalue weighted by Crippen LogP contribution is 2.37. The molecule has 0 amide bonds. The minimum atomic E-state index is -1.02. The van der Waals surface area contributed by atoms with Crippen LogP contribution in [0.3, 0.4) is 0 Å². The van der Waals surface area contributed by atoms with Gasteiger partial charge in [-0.25, -0.2) is 0 Å². The second kappa shape index (κ2) is 12.5. The summed E-state index contributed by atoms with van der Waals surface area (Å²) in [4.78, 5) is 0. The summed E-state index contributed by atoms with van der Waals surface area (Å²) in [5, 5.41) is 0. The van der Waals surface area contributed by atoms with Crippen molar-refractivity contribution in [2.24, 2.45) is 0 Å². The average Bonchev–Trinajstić information content (AvgIpc) is 2.65. The van der Waals surface area contributed by atoms with Gasteiger partial charge in [-0.2, -0.15) is 0 Å². The molecule has 0 N–H and O–H groups in total. The third kappa shape index (κ3) is 6.73. The molecule has 1 unspecified atom stereocenters. The molecule has 1 aromatic rings. The van der Waals surface area contributed by atoms with Crippen molar-refractivity contribution in [1.82, 2.24) is 0 Å². The van der Waals surface area contributed by atoms with Crippen LogP contribution in [0.5, 0.6) is 0 Å². The molecule has 0 saturated heterocycles. The first kappa shape index (κ1) is 22.1. The molecule has 3 heteroatoms. The van der Waals surface area contributed by atoms with E-state index in [2.05, 4.69) is 38.1 Å². The Morgan fingerprint density at radius 3 is 1.84 bits per heavy atom. The molecule has 0 spiro atoms. The van der Waals surface area contributed by atoms with Crippen LogP contribution >= 0.6 is 0 Å². The van der Waals surface area contributed by atoms with Gasteiger partial charge in [0.05, 0.1) is 5.92 Å². The molecular formula is C22H38O3. The van der Waals surface area contributed by atoms with Crippen molar-refractivity contribution in [1.29, 1.82) is 0 Å². The van der Waals surface area contributed by atoms with E-state index in [1.165, 1.54) is 49.7 Å². The van der Waals surface area contributed by atoms with Crippen LogP contribution < -0.4 is 0 Å². The standard InChI is InChI=1S/C22H38O3/c1-6-8-9-10-11-12-14-21(22(23-3,24-4)25-5)20-17-15-19(13-7-2)16-18-20/h15-18,21H,6-14H2,1-5H3. The third-order valence-corrected chi connectivity index (χ3v) is 5.05. The second-order valence-electron chi connectivity index (χ2n) is 6.82. The van der Waals surface area contributed by atoms with Gasteiger partial charge in [-0.1, -0.05) is 83.1 Å². The maximum absolute atomic E-state index is 5.68. The van der Waals surface area contributed by atoms with Gasteiger partial charge in [0.25, 0.3) is 5.97 Å². The zero-order valence-electron chi connectivity index (χ0n) is 17.0. The summed E-state index contributed by atoms with van der Waals surface area (Å²) < 4.78 is 17.0. The molecule has 1 rings (SSSR count). The second-order valence-corrected chi connectivity index (χ2v) is 6.82. The van der Waals surface area contributed by atoms with E-state index in [9.17, 15) is 0 Å². The van der Waals surface area contributed by atoms with Gasteiger partial charge in [0.1, 0.15) is 0 Å². The first-order valence-electron chi connectivity index (χ1n) is 9.91. The molecule has 0 aliphatic rings. The fraction of sp³-hybridized carbons (Fsp3) is 0.727. The number of aryl methyl sites for hydroxylation is 1. The Morgan fingerprint density at radius 1 is 0.760 bits per heavy atom. The zero-order chi connectivity index (χ0) is 18.5. The van der Waals surface area contributed by atoms with Crippen molar-refractivity contribution in [3.63, 3.8) is 0 Å². The van der Waals surface area contributed by atoms with Crippen LogP contribution in [0.15, 0.2) is 24.3 Å². The lowest BCUT2D eigenvalue weighted by atomic mass is 9.89. The number of methoxy groups -OCH3 is 3. The molecule has 0 fully saturated rings. The van der Waals surface area contributed by atoms with E-state index in [1.54, 1.807) is 21.3 Å². The van der Waals surface area contributed by atoms with E-state index in [1.807, 2.05) is 0 Å². The number of ether oxygens (including phenoxy) is 3. The predicted octanol–water partition coefficient (Wildman–Crippen LogP) is 6.07. The Morgan fingerprint density at radius 2 is 1.32 bits per heavy atom. The third-order valence-electron chi connectivity index (χ3n) is 5.05. The fourth-order valence-electron chi connectivity index (χ4n) is 3.56. The lowest BCUT2D eigenvalue weighted by Gasteiger charge is -2.36. The van der Waals surface area contributed by atoms with Crippen molar-refractivity contribution in [2.45, 2.75) is 83.5 Å². The Bertz CT molecular complexity index is 429. The molecule has 0 aliphatic carbocycles. The summed E-state index contributed by atoms with van der Waals surface area (Å²) in [5.41, 5.74) is 2.60. The van der Waals surface area contributed by atoms with Gasteiger partial charge >= 0.3 is 0 Å². The summed E-state index contributed by atoms with van der Waals surface area (Å²) in [6, 6.07) is 8.86. The SMILES string of the molecule is CCCCCCCCC(c1ccc(CCC)cc1)C(OC)(OC)OC. The van der Waals surface area contributed by atoms with Gasteiger partial charge in [-0.3, -0.25) is 0 Å². The minimum absolute atomic E-state index is 0.0642. The van der Waals surface area contributed by atoms with Gasteiger partial charge in [-0.15, -0.1) is 0 Å². The Balaban J connectivity index is 2.83. The first-order valence-corrected chi connectivity index (χ1v) is 9.91. The Kier molecular flexibility index (Phi) is 11.0. The van der Waals surface area contributed by atoms with Gasteiger partial charge in [-0.05, 0) is 24.0 Å². The van der Waals surface area contributed by atoms with Gasteiger partial charge in [0, 0.05) is 21.3 Å². The van der Waals surface area contributed by atoms with E-state index < -0.39 is 5.97 Å². The van der Waals surface area contributed by atoms with E-state index in [0.717, 1.165) is 19.3 Å². The monoisotopic (exact) mass is 350 g/mol. The van der Waals surface area contributed by atoms with Crippen molar-refractivity contribution >= 4 is 0 Å². The lowest BCUT2D eigenvalue weighted by Crippen LogP contribution is -2.42. The van der Waals surface area contributed by atoms with Crippen LogP contribution in [0, 0.1) is 0 Å². The molecule has 144 valence electrons. The molecule has 0 heterocycles. The quantitative estimate of drug-likeness (QED) is 0.301. The molecule has 25 heavy (non-hydrogen) atoms. The highest BCUT2D eigenvalue weighted by Gasteiger charge is 2.40. The molecule has 3 nitrogen and oxygen atoms in total. The first-order chi connectivity index (χ1) is 12.2. The van der Waals surface area contributed by atoms with Crippen LogP contribution in [0.25, 0.3) is 0 Å². The lowest BCUT2D eigenvalue weighted by molar-refractivity contribution is -0.365. The number of hydrogen-bond donors (Lipinski definition) is 0. The highest BCUT2D eigenvalue weighted by atomic mass is 16.9. The summed E-state index contributed by atoms with van der Waals surface area (Å²) in [5.74, 6) is -0.954. The molecule has 0 aliphatic heterocycles. The van der Waals surface area contributed by atoms with Gasteiger partial charge in [0.15, 0.2) is 0 Å². The topological polar surface area (TPSA) is 27.7 Å². The summed E-state index contributed by atoms with van der Waals surface area (Å²) >= 11 is 0. The zero-order valence-corrected chi connectivity index (χ0v) is 17.0. The van der Waals surface area contributed by atoms with Crippen LogP contribution in [-0.4, -0.2) is 27.3 Å². The van der Waals surface area contributed by atoms with E-state index in [0.29, 0.717) is 0 Å². The van der Waals surface area contributed by atoms with Gasteiger partial charge in [0.2, 0.25) is 0 Å². The smallest absolute Gasteiger partial charge is 0.289 e. The summed E-state index contributed by atoms with van der Waals surface area (Å²) in [7, 11) is 4.98. The van der Waals surface area contributed by atoms with Gasteiger partial charge < -0.3 is 14.2 Å². The van der Waals surface area contributed by atoms with Crippen molar-refractivity contribution < 1.29 is 14.2 Å². The normalized spacial score (nSPS) is 13.2. The Hall–Kier alpha value is -0.900. The predicted molar refractivity (Wildman–Crippen MR) is 105 cm³/mol. The Labute approximate surface area is 155 Å². The van der Waals surface area contributed by atoms with E-state index >= 15 is 0 Å².